The van der Waals surface area contributed by atoms with Gasteiger partial charge in [0, 0.05) is 12.0 Å². The number of ether oxygens (including phenoxy) is 1. The van der Waals surface area contributed by atoms with Crippen LogP contribution in [0.5, 0.6) is 11.5 Å². The smallest absolute Gasteiger partial charge is 0.332 e. The Balaban J connectivity index is 1.98. The Morgan fingerprint density at radius 1 is 1.27 bits per heavy atom. The summed E-state index contributed by atoms with van der Waals surface area (Å²) in [6, 6.07) is 4.28. The van der Waals surface area contributed by atoms with Crippen LogP contribution in [0.1, 0.15) is 50.5 Å². The molecular weight excluding hydrogens is 282 g/mol. The van der Waals surface area contributed by atoms with Gasteiger partial charge in [0.25, 0.3) is 0 Å². The number of fused-ring (bicyclic) bond motifs is 1. The summed E-state index contributed by atoms with van der Waals surface area (Å²) in [7, 11) is 0. The normalized spacial score (nSPS) is 21.7. The van der Waals surface area contributed by atoms with E-state index in [0.29, 0.717) is 23.4 Å². The van der Waals surface area contributed by atoms with E-state index in [0.717, 1.165) is 25.7 Å². The van der Waals surface area contributed by atoms with Crippen molar-refractivity contribution in [2.24, 2.45) is 10.8 Å². The average molecular weight is 303 g/mol. The van der Waals surface area contributed by atoms with Gasteiger partial charge in [0.15, 0.2) is 0 Å². The number of nitrogens with two attached hydrogens (primary N) is 1. The van der Waals surface area contributed by atoms with E-state index in [2.05, 4.69) is 10.5 Å². The number of hydrogen-bond acceptors (Lipinski definition) is 4. The molecule has 1 fully saturated rings. The molecule has 1 aliphatic carbocycles. The Kier molecular flexibility index (Phi) is 3.92. The number of carbonyl (C=O) groups excluding carboxylic acids is 1. The van der Waals surface area contributed by atoms with Crippen molar-refractivity contribution in [2.75, 3.05) is 0 Å². The van der Waals surface area contributed by atoms with E-state index in [-0.39, 0.29) is 11.4 Å². The van der Waals surface area contributed by atoms with Crippen LogP contribution in [-0.2, 0) is 0 Å². The van der Waals surface area contributed by atoms with Gasteiger partial charge in [-0.2, -0.15) is 5.10 Å². The van der Waals surface area contributed by atoms with Crippen molar-refractivity contribution in [1.29, 1.82) is 0 Å². The lowest BCUT2D eigenvalue weighted by Crippen LogP contribution is -2.42. The molecule has 22 heavy (non-hydrogen) atoms. The van der Waals surface area contributed by atoms with Gasteiger partial charge in [0.1, 0.15) is 17.1 Å². The molecule has 2 aliphatic rings. The number of amides is 2. The molecule has 0 bridgehead atoms. The molecule has 118 valence electrons. The molecule has 1 spiro atoms. The van der Waals surface area contributed by atoms with Crippen molar-refractivity contribution in [3.8, 4) is 11.5 Å². The minimum atomic E-state index is -0.699. The number of aromatic hydroxyl groups is 1. The van der Waals surface area contributed by atoms with Gasteiger partial charge in [-0.3, -0.25) is 0 Å². The molecule has 1 aromatic rings. The first-order valence-electron chi connectivity index (χ1n) is 7.72. The van der Waals surface area contributed by atoms with Crippen molar-refractivity contribution < 1.29 is 14.6 Å². The summed E-state index contributed by atoms with van der Waals surface area (Å²) in [5.74, 6) is 0.849. The predicted octanol–water partition coefficient (Wildman–Crippen LogP) is 2.64. The number of urea groups is 1. The first-order valence-corrected chi connectivity index (χ1v) is 7.72. The van der Waals surface area contributed by atoms with Gasteiger partial charge in [0.2, 0.25) is 0 Å². The SMILES string of the molecule is NC(=O)N/N=C1\CC2(CCCCCC2)Oc2ccc(O)cc21. The highest BCUT2D eigenvalue weighted by atomic mass is 16.5. The minimum Gasteiger partial charge on any atom is -0.508 e. The molecule has 1 heterocycles. The van der Waals surface area contributed by atoms with E-state index in [9.17, 15) is 9.90 Å². The van der Waals surface area contributed by atoms with Crippen molar-refractivity contribution in [2.45, 2.75) is 50.5 Å². The van der Waals surface area contributed by atoms with E-state index in [1.54, 1.807) is 18.2 Å². The molecule has 1 aliphatic heterocycles. The van der Waals surface area contributed by atoms with Crippen LogP contribution in [-0.4, -0.2) is 22.5 Å². The van der Waals surface area contributed by atoms with Gasteiger partial charge >= 0.3 is 6.03 Å². The maximum absolute atomic E-state index is 11.0. The largest absolute Gasteiger partial charge is 0.508 e. The maximum Gasteiger partial charge on any atom is 0.332 e. The maximum atomic E-state index is 11.0. The minimum absolute atomic E-state index is 0.144. The number of hydrazone groups is 1. The molecule has 0 atom stereocenters. The summed E-state index contributed by atoms with van der Waals surface area (Å²) >= 11 is 0. The summed E-state index contributed by atoms with van der Waals surface area (Å²) in [4.78, 5) is 11.0. The molecule has 6 nitrogen and oxygen atoms in total. The number of primary amides is 1. The van der Waals surface area contributed by atoms with Gasteiger partial charge in [-0.15, -0.1) is 0 Å². The van der Waals surface area contributed by atoms with E-state index < -0.39 is 6.03 Å². The van der Waals surface area contributed by atoms with Gasteiger partial charge in [-0.25, -0.2) is 10.2 Å². The van der Waals surface area contributed by atoms with Gasteiger partial charge in [0.05, 0.1) is 5.71 Å². The van der Waals surface area contributed by atoms with Crippen molar-refractivity contribution in [3.05, 3.63) is 23.8 Å². The molecule has 0 saturated heterocycles. The molecule has 6 heteroatoms. The van der Waals surface area contributed by atoms with E-state index in [1.165, 1.54) is 12.8 Å². The number of nitrogens with one attached hydrogen (secondary N) is 1. The third kappa shape index (κ3) is 3.00. The van der Waals surface area contributed by atoms with Crippen molar-refractivity contribution in [1.82, 2.24) is 5.43 Å². The lowest BCUT2D eigenvalue weighted by Gasteiger charge is -2.38. The fourth-order valence-electron chi connectivity index (χ4n) is 3.38. The Labute approximate surface area is 129 Å². The van der Waals surface area contributed by atoms with Crippen LogP contribution < -0.4 is 15.9 Å². The fraction of sp³-hybridized carbons (Fsp3) is 0.500. The Morgan fingerprint density at radius 2 is 2.00 bits per heavy atom. The van der Waals surface area contributed by atoms with Crippen LogP contribution in [0.2, 0.25) is 0 Å². The molecule has 3 rings (SSSR count). The first kappa shape index (κ1) is 14.7. The second-order valence-electron chi connectivity index (χ2n) is 6.09. The van der Waals surface area contributed by atoms with E-state index in [4.69, 9.17) is 10.5 Å². The molecular formula is C16H21N3O3. The summed E-state index contributed by atoms with van der Waals surface area (Å²) in [5.41, 5.74) is 8.57. The Morgan fingerprint density at radius 3 is 2.68 bits per heavy atom. The average Bonchev–Trinajstić information content (AvgIpc) is 2.71. The van der Waals surface area contributed by atoms with Crippen LogP contribution in [0.3, 0.4) is 0 Å². The highest BCUT2D eigenvalue weighted by Gasteiger charge is 2.39. The van der Waals surface area contributed by atoms with Crippen molar-refractivity contribution >= 4 is 11.7 Å². The standard InChI is InChI=1S/C16H21N3O3/c17-15(21)19-18-13-10-16(7-3-1-2-4-8-16)22-14-6-5-11(20)9-12(13)14/h5-6,9,20H,1-4,7-8,10H2,(H3,17,19,21)/b18-13+. The monoisotopic (exact) mass is 303 g/mol. The van der Waals surface area contributed by atoms with Crippen LogP contribution in [0.15, 0.2) is 23.3 Å². The van der Waals surface area contributed by atoms with Crippen LogP contribution in [0.25, 0.3) is 0 Å². The topological polar surface area (TPSA) is 96.9 Å². The van der Waals surface area contributed by atoms with Gasteiger partial charge < -0.3 is 15.6 Å². The summed E-state index contributed by atoms with van der Waals surface area (Å²) < 4.78 is 6.30. The number of carbonyl (C=O) groups is 1. The Hall–Kier alpha value is -2.24. The quantitative estimate of drug-likeness (QED) is 0.696. The molecule has 4 N–H and O–H groups in total. The Bertz CT molecular complexity index is 605. The third-order valence-electron chi connectivity index (χ3n) is 4.41. The number of nitrogens with zero attached hydrogens (tertiary/aromatic N) is 1. The molecule has 0 unspecified atom stereocenters. The second kappa shape index (κ2) is 5.87. The lowest BCUT2D eigenvalue weighted by molar-refractivity contribution is 0.0541. The van der Waals surface area contributed by atoms with Crippen LogP contribution in [0.4, 0.5) is 4.79 Å². The fourth-order valence-corrected chi connectivity index (χ4v) is 3.38. The summed E-state index contributed by atoms with van der Waals surface area (Å²) in [5, 5.41) is 13.9. The zero-order chi connectivity index (χ0) is 15.6. The van der Waals surface area contributed by atoms with Gasteiger partial charge in [-0.1, -0.05) is 12.8 Å². The predicted molar refractivity (Wildman–Crippen MR) is 83.0 cm³/mol. The first-order chi connectivity index (χ1) is 10.6. The summed E-state index contributed by atoms with van der Waals surface area (Å²) in [6.45, 7) is 0. The highest BCUT2D eigenvalue weighted by Crippen LogP contribution is 2.42. The lowest BCUT2D eigenvalue weighted by atomic mass is 9.83. The number of phenols is 1. The molecule has 0 radical (unpaired) electrons. The summed E-state index contributed by atoms with van der Waals surface area (Å²) in [6.07, 6.45) is 7.27. The number of rotatable bonds is 1. The third-order valence-corrected chi connectivity index (χ3v) is 4.41. The highest BCUT2D eigenvalue weighted by molar-refractivity contribution is 6.05. The number of benzene rings is 1. The number of phenolic OH excluding ortho intramolecular Hbond substituents is 1. The molecule has 2 amide bonds. The van der Waals surface area contributed by atoms with Crippen LogP contribution >= 0.6 is 0 Å². The zero-order valence-electron chi connectivity index (χ0n) is 12.5. The molecule has 0 aromatic heterocycles. The molecule has 1 saturated carbocycles. The van der Waals surface area contributed by atoms with Crippen molar-refractivity contribution in [3.63, 3.8) is 0 Å². The van der Waals surface area contributed by atoms with Gasteiger partial charge in [-0.05, 0) is 43.9 Å². The second-order valence-corrected chi connectivity index (χ2v) is 6.09. The van der Waals surface area contributed by atoms with Crippen LogP contribution in [0, 0.1) is 0 Å². The zero-order valence-corrected chi connectivity index (χ0v) is 12.5. The molecule has 1 aromatic carbocycles. The van der Waals surface area contributed by atoms with E-state index in [1.807, 2.05) is 0 Å². The number of hydrogen-bond donors (Lipinski definition) is 3. The van der Waals surface area contributed by atoms with E-state index >= 15 is 0 Å².